The monoisotopic (exact) mass is 290 g/mol. The molecule has 2 unspecified atom stereocenters. The molecule has 20 heavy (non-hydrogen) atoms. The van der Waals surface area contributed by atoms with Gasteiger partial charge >= 0.3 is 0 Å². The minimum atomic E-state index is -0.684. The van der Waals surface area contributed by atoms with Gasteiger partial charge in [0.05, 0.1) is 0 Å². The Bertz CT molecular complexity index is 559. The fourth-order valence-corrected chi connectivity index (χ4v) is 5.39. The first-order valence-electron chi connectivity index (χ1n) is 7.62. The molecule has 0 amide bonds. The van der Waals surface area contributed by atoms with Crippen molar-refractivity contribution in [1.29, 1.82) is 0 Å². The first kappa shape index (κ1) is 12.8. The lowest BCUT2D eigenvalue weighted by atomic mass is 9.69. The molecule has 0 aromatic heterocycles. The number of hydrogen-bond donors (Lipinski definition) is 2. The molecule has 1 aliphatic carbocycles. The van der Waals surface area contributed by atoms with E-state index < -0.39 is 10.8 Å². The molecule has 2 heterocycles. The van der Waals surface area contributed by atoms with Gasteiger partial charge in [-0.05, 0) is 48.4 Å². The van der Waals surface area contributed by atoms with Crippen LogP contribution in [0, 0.1) is 5.92 Å². The van der Waals surface area contributed by atoms with Gasteiger partial charge in [0.2, 0.25) is 0 Å². The Morgan fingerprint density at radius 1 is 1.30 bits per heavy atom. The largest absolute Gasteiger partial charge is 0.384 e. The number of anilines is 1. The number of nitrogens with one attached hydrogen (secondary N) is 2. The molecule has 4 heteroatoms. The van der Waals surface area contributed by atoms with Crippen LogP contribution in [0.4, 0.5) is 5.69 Å². The second kappa shape index (κ2) is 4.85. The van der Waals surface area contributed by atoms with Gasteiger partial charge in [0, 0.05) is 47.0 Å². The van der Waals surface area contributed by atoms with E-state index in [-0.39, 0.29) is 0 Å². The maximum atomic E-state index is 11.5. The van der Waals surface area contributed by atoms with E-state index in [4.69, 9.17) is 0 Å². The average Bonchev–Trinajstić information content (AvgIpc) is 2.84. The maximum absolute atomic E-state index is 11.5. The normalized spacial score (nSPS) is 35.9. The van der Waals surface area contributed by atoms with Crippen LogP contribution in [0.25, 0.3) is 0 Å². The van der Waals surface area contributed by atoms with Crippen LogP contribution in [-0.2, 0) is 10.8 Å². The van der Waals surface area contributed by atoms with Gasteiger partial charge in [-0.15, -0.1) is 0 Å². The zero-order valence-corrected chi connectivity index (χ0v) is 12.7. The Morgan fingerprint density at radius 2 is 2.20 bits per heavy atom. The van der Waals surface area contributed by atoms with Crippen LogP contribution in [0.1, 0.15) is 35.8 Å². The topological polar surface area (TPSA) is 41.1 Å². The Kier molecular flexibility index (Phi) is 3.11. The fourth-order valence-electron chi connectivity index (χ4n) is 4.48. The van der Waals surface area contributed by atoms with E-state index in [9.17, 15) is 4.21 Å². The molecule has 0 bridgehead atoms. The van der Waals surface area contributed by atoms with Gasteiger partial charge in [-0.25, -0.2) is 0 Å². The summed E-state index contributed by atoms with van der Waals surface area (Å²) in [5.41, 5.74) is 4.48. The average molecular weight is 290 g/mol. The third-order valence-electron chi connectivity index (χ3n) is 5.24. The summed E-state index contributed by atoms with van der Waals surface area (Å²) in [5.74, 6) is 2.70. The SMILES string of the molecule is CS(=O)C[C@H]1CN[C@@H]2CC3CNc4cccc(c43)[C@H]2C1. The van der Waals surface area contributed by atoms with Gasteiger partial charge < -0.3 is 10.6 Å². The number of piperidine rings is 1. The molecule has 108 valence electrons. The van der Waals surface area contributed by atoms with Crippen LogP contribution in [0.15, 0.2) is 18.2 Å². The predicted molar refractivity (Wildman–Crippen MR) is 83.9 cm³/mol. The van der Waals surface area contributed by atoms with Crippen molar-refractivity contribution < 1.29 is 4.21 Å². The quantitative estimate of drug-likeness (QED) is 0.876. The van der Waals surface area contributed by atoms with Crippen LogP contribution in [0.3, 0.4) is 0 Å². The molecule has 3 nitrogen and oxygen atoms in total. The van der Waals surface area contributed by atoms with Gasteiger partial charge in [-0.1, -0.05) is 12.1 Å². The second-order valence-electron chi connectivity index (χ2n) is 6.58. The van der Waals surface area contributed by atoms with Crippen LogP contribution in [0.2, 0.25) is 0 Å². The zero-order chi connectivity index (χ0) is 13.7. The van der Waals surface area contributed by atoms with Gasteiger partial charge in [-0.2, -0.15) is 0 Å². The minimum absolute atomic E-state index is 0.559. The molecule has 4 rings (SSSR count). The van der Waals surface area contributed by atoms with Crippen LogP contribution in [-0.4, -0.2) is 35.3 Å². The highest BCUT2D eigenvalue weighted by Gasteiger charge is 2.41. The van der Waals surface area contributed by atoms with E-state index in [0.717, 1.165) is 18.8 Å². The number of benzene rings is 1. The third kappa shape index (κ3) is 2.01. The van der Waals surface area contributed by atoms with Crippen molar-refractivity contribution in [3.8, 4) is 0 Å². The lowest BCUT2D eigenvalue weighted by Crippen LogP contribution is -2.48. The highest BCUT2D eigenvalue weighted by molar-refractivity contribution is 7.84. The highest BCUT2D eigenvalue weighted by Crippen LogP contribution is 2.48. The van der Waals surface area contributed by atoms with Crippen molar-refractivity contribution in [2.75, 3.05) is 30.4 Å². The Balaban J connectivity index is 1.66. The lowest BCUT2D eigenvalue weighted by molar-refractivity contribution is 0.255. The first-order valence-corrected chi connectivity index (χ1v) is 9.35. The maximum Gasteiger partial charge on any atom is 0.0379 e. The highest BCUT2D eigenvalue weighted by atomic mass is 32.2. The van der Waals surface area contributed by atoms with Gasteiger partial charge in [0.1, 0.15) is 0 Å². The van der Waals surface area contributed by atoms with Gasteiger partial charge in [-0.3, -0.25) is 4.21 Å². The second-order valence-corrected chi connectivity index (χ2v) is 8.06. The summed E-state index contributed by atoms with van der Waals surface area (Å²) < 4.78 is 11.5. The van der Waals surface area contributed by atoms with Gasteiger partial charge in [0.25, 0.3) is 0 Å². The van der Waals surface area contributed by atoms with E-state index in [1.54, 1.807) is 11.1 Å². The molecule has 1 aromatic rings. The third-order valence-corrected chi connectivity index (χ3v) is 6.18. The first-order chi connectivity index (χ1) is 9.72. The molecule has 0 radical (unpaired) electrons. The Hall–Kier alpha value is -0.870. The zero-order valence-electron chi connectivity index (χ0n) is 11.9. The van der Waals surface area contributed by atoms with E-state index in [1.165, 1.54) is 18.5 Å². The molecule has 2 aliphatic heterocycles. The summed E-state index contributed by atoms with van der Waals surface area (Å²) in [4.78, 5) is 0. The molecule has 5 atom stereocenters. The Morgan fingerprint density at radius 3 is 3.05 bits per heavy atom. The van der Waals surface area contributed by atoms with Crippen molar-refractivity contribution in [2.45, 2.75) is 30.7 Å². The fraction of sp³-hybridized carbons (Fsp3) is 0.625. The van der Waals surface area contributed by atoms with Crippen molar-refractivity contribution in [3.05, 3.63) is 29.3 Å². The predicted octanol–water partition coefficient (Wildman–Crippen LogP) is 2.04. The van der Waals surface area contributed by atoms with Gasteiger partial charge in [0.15, 0.2) is 0 Å². The van der Waals surface area contributed by atoms with Crippen LogP contribution >= 0.6 is 0 Å². The molecule has 0 saturated carbocycles. The summed E-state index contributed by atoms with van der Waals surface area (Å²) >= 11 is 0. The van der Waals surface area contributed by atoms with Crippen molar-refractivity contribution >= 4 is 16.5 Å². The molecular formula is C16H22N2OS. The van der Waals surface area contributed by atoms with Crippen molar-refractivity contribution in [2.24, 2.45) is 5.92 Å². The summed E-state index contributed by atoms with van der Waals surface area (Å²) in [6, 6.07) is 7.34. The molecule has 2 N–H and O–H groups in total. The summed E-state index contributed by atoms with van der Waals surface area (Å²) in [6.45, 7) is 2.13. The molecule has 1 fully saturated rings. The Labute approximate surface area is 123 Å². The smallest absolute Gasteiger partial charge is 0.0379 e. The molecule has 1 aromatic carbocycles. The van der Waals surface area contributed by atoms with E-state index in [1.807, 2.05) is 6.26 Å². The molecular weight excluding hydrogens is 268 g/mol. The van der Waals surface area contributed by atoms with Crippen molar-refractivity contribution in [1.82, 2.24) is 5.32 Å². The van der Waals surface area contributed by atoms with E-state index in [2.05, 4.69) is 28.8 Å². The van der Waals surface area contributed by atoms with Crippen molar-refractivity contribution in [3.63, 3.8) is 0 Å². The number of rotatable bonds is 2. The summed E-state index contributed by atoms with van der Waals surface area (Å²) in [5, 5.41) is 7.30. The summed E-state index contributed by atoms with van der Waals surface area (Å²) in [6.07, 6.45) is 4.27. The minimum Gasteiger partial charge on any atom is -0.384 e. The lowest BCUT2D eigenvalue weighted by Gasteiger charge is -2.42. The van der Waals surface area contributed by atoms with Crippen LogP contribution < -0.4 is 10.6 Å². The molecule has 0 spiro atoms. The number of fused-ring (bicyclic) bond motifs is 2. The summed E-state index contributed by atoms with van der Waals surface area (Å²) in [7, 11) is -0.684. The van der Waals surface area contributed by atoms with E-state index in [0.29, 0.717) is 23.8 Å². The molecule has 3 aliphatic rings. The molecule has 1 saturated heterocycles. The van der Waals surface area contributed by atoms with Crippen LogP contribution in [0.5, 0.6) is 0 Å². The van der Waals surface area contributed by atoms with E-state index >= 15 is 0 Å². The standard InChI is InChI=1S/C16H22N2OS/c1-20(19)9-10-5-13-12-3-2-4-14-16(12)11(8-18-14)6-15(13)17-7-10/h2-4,10-11,13,15,17-18H,5-9H2,1H3/t10-,11?,13-,15-,20?/m1/s1. The number of hydrogen-bond acceptors (Lipinski definition) is 3.